The van der Waals surface area contributed by atoms with Gasteiger partial charge in [-0.25, -0.2) is 0 Å². The van der Waals surface area contributed by atoms with Crippen LogP contribution in [0.25, 0.3) is 0 Å². The van der Waals surface area contributed by atoms with Crippen LogP contribution in [0.5, 0.6) is 0 Å². The molecule has 0 aromatic heterocycles. The SMILES string of the molecule is [AlH2][CH]([AlH2])C1CCC[NH2+]1. The van der Waals surface area contributed by atoms with Crippen LogP contribution in [-0.4, -0.2) is 45.2 Å². The molecule has 1 aliphatic heterocycles. The second-order valence-electron chi connectivity index (χ2n) is 3.07. The maximum absolute atomic E-state index is 2.55. The number of hydrogen-bond acceptors (Lipinski definition) is 0. The van der Waals surface area contributed by atoms with Gasteiger partial charge in [-0.2, -0.15) is 0 Å². The van der Waals surface area contributed by atoms with E-state index in [0.717, 1.165) is 9.68 Å². The van der Waals surface area contributed by atoms with Crippen LogP contribution in [0.15, 0.2) is 0 Å². The normalized spacial score (nSPS) is 29.4. The largest absolute Gasteiger partial charge is 0.346 e. The summed E-state index contributed by atoms with van der Waals surface area (Å²) in [5.74, 6) is 0. The summed E-state index contributed by atoms with van der Waals surface area (Å²) < 4.78 is 1.16. The lowest BCUT2D eigenvalue weighted by Crippen LogP contribution is -2.87. The molecule has 0 aliphatic carbocycles. The van der Waals surface area contributed by atoms with Crippen molar-refractivity contribution in [1.29, 1.82) is 0 Å². The Morgan fingerprint density at radius 1 is 1.50 bits per heavy atom. The summed E-state index contributed by atoms with van der Waals surface area (Å²) in [5.41, 5.74) is 0. The van der Waals surface area contributed by atoms with Gasteiger partial charge in [0.05, 0.1) is 12.6 Å². The Bertz CT molecular complexity index is 68.8. The van der Waals surface area contributed by atoms with E-state index in [1.54, 1.807) is 0 Å². The molecule has 0 radical (unpaired) electrons. The summed E-state index contributed by atoms with van der Waals surface area (Å²) >= 11 is 2.88. The van der Waals surface area contributed by atoms with Gasteiger partial charge < -0.3 is 5.32 Å². The van der Waals surface area contributed by atoms with Crippen molar-refractivity contribution >= 4 is 32.6 Å². The van der Waals surface area contributed by atoms with Gasteiger partial charge in [0.1, 0.15) is 0 Å². The minimum atomic E-state index is 1.06. The number of nitrogens with two attached hydrogens (primary N) is 1. The Labute approximate surface area is 67.1 Å². The molecular formula is C5H14Al2N+. The molecule has 1 aliphatic rings. The van der Waals surface area contributed by atoms with Crippen LogP contribution in [0.2, 0.25) is 3.64 Å². The number of hydrogen-bond donors (Lipinski definition) is 1. The topological polar surface area (TPSA) is 16.6 Å². The fourth-order valence-corrected chi connectivity index (χ4v) is 2.62. The summed E-state index contributed by atoms with van der Waals surface area (Å²) in [5, 5.41) is 2.55. The Kier molecular flexibility index (Phi) is 2.91. The van der Waals surface area contributed by atoms with Gasteiger partial charge in [-0.1, -0.05) is 3.64 Å². The molecule has 1 fully saturated rings. The van der Waals surface area contributed by atoms with Crippen LogP contribution in [0.3, 0.4) is 0 Å². The van der Waals surface area contributed by atoms with Gasteiger partial charge in [0.25, 0.3) is 0 Å². The third-order valence-corrected chi connectivity index (χ3v) is 3.78. The van der Waals surface area contributed by atoms with Crippen LogP contribution < -0.4 is 5.32 Å². The molecule has 0 bridgehead atoms. The first-order valence-electron chi connectivity index (χ1n) is 3.64. The predicted molar refractivity (Wildman–Crippen MR) is 40.7 cm³/mol. The van der Waals surface area contributed by atoms with Gasteiger partial charge in [0.15, 0.2) is 0 Å². The van der Waals surface area contributed by atoms with Crippen molar-refractivity contribution in [3.05, 3.63) is 0 Å². The Hall–Kier alpha value is 1.02. The smallest absolute Gasteiger partial charge is 0.207 e. The maximum Gasteiger partial charge on any atom is 0.207 e. The lowest BCUT2D eigenvalue weighted by Gasteiger charge is -2.09. The first-order chi connectivity index (χ1) is 3.80. The molecule has 1 heterocycles. The molecule has 1 rings (SSSR count). The molecule has 1 atom stereocenters. The fraction of sp³-hybridized carbons (Fsp3) is 1.00. The molecule has 1 nitrogen and oxygen atoms in total. The highest BCUT2D eigenvalue weighted by Crippen LogP contribution is 2.06. The Morgan fingerprint density at radius 2 is 2.25 bits per heavy atom. The van der Waals surface area contributed by atoms with Crippen molar-refractivity contribution in [3.63, 3.8) is 0 Å². The molecule has 44 valence electrons. The second-order valence-corrected chi connectivity index (χ2v) is 9.03. The van der Waals surface area contributed by atoms with E-state index in [1.807, 2.05) is 0 Å². The maximum atomic E-state index is 2.55. The van der Waals surface area contributed by atoms with Gasteiger partial charge in [-0.15, -0.1) is 0 Å². The number of rotatable bonds is 1. The third-order valence-electron chi connectivity index (χ3n) is 2.07. The molecule has 1 saturated heterocycles. The van der Waals surface area contributed by atoms with Crippen LogP contribution in [0.1, 0.15) is 12.8 Å². The highest BCUT2D eigenvalue weighted by Gasteiger charge is 2.20. The van der Waals surface area contributed by atoms with Crippen LogP contribution in [-0.2, 0) is 0 Å². The molecular weight excluding hydrogens is 128 g/mol. The average molecular weight is 142 g/mol. The first-order valence-corrected chi connectivity index (χ1v) is 5.95. The van der Waals surface area contributed by atoms with Gasteiger partial charge in [0.2, 0.25) is 32.6 Å². The molecule has 0 aromatic carbocycles. The molecule has 0 spiro atoms. The van der Waals surface area contributed by atoms with Gasteiger partial charge in [0, 0.05) is 12.8 Å². The van der Waals surface area contributed by atoms with Crippen LogP contribution in [0.4, 0.5) is 0 Å². The molecule has 3 heteroatoms. The zero-order valence-corrected chi connectivity index (χ0v) is 9.85. The lowest BCUT2D eigenvalue weighted by atomic mass is 10.2. The molecule has 0 aromatic rings. The lowest BCUT2D eigenvalue weighted by molar-refractivity contribution is -0.667. The minimum Gasteiger partial charge on any atom is -0.346 e. The van der Waals surface area contributed by atoms with E-state index in [1.165, 1.54) is 52.0 Å². The van der Waals surface area contributed by atoms with Gasteiger partial charge >= 0.3 is 0 Å². The summed E-state index contributed by atoms with van der Waals surface area (Å²) in [6.45, 7) is 1.41. The fourth-order valence-electron chi connectivity index (χ4n) is 1.41. The summed E-state index contributed by atoms with van der Waals surface area (Å²) in [6, 6.07) is 1.06. The molecule has 2 N–H and O–H groups in total. The van der Waals surface area contributed by atoms with E-state index in [2.05, 4.69) is 5.32 Å². The van der Waals surface area contributed by atoms with Crippen molar-refractivity contribution in [1.82, 2.24) is 0 Å². The van der Waals surface area contributed by atoms with Crippen molar-refractivity contribution in [2.75, 3.05) is 6.54 Å². The Balaban J connectivity index is 2.24. The van der Waals surface area contributed by atoms with E-state index in [0.29, 0.717) is 0 Å². The van der Waals surface area contributed by atoms with Crippen molar-refractivity contribution in [3.8, 4) is 0 Å². The van der Waals surface area contributed by atoms with E-state index < -0.39 is 0 Å². The van der Waals surface area contributed by atoms with Crippen LogP contribution in [0, 0.1) is 0 Å². The predicted octanol–water partition coefficient (Wildman–Crippen LogP) is -2.28. The molecule has 1 unspecified atom stereocenters. The summed E-state index contributed by atoms with van der Waals surface area (Å²) in [4.78, 5) is 0. The van der Waals surface area contributed by atoms with Crippen molar-refractivity contribution in [2.45, 2.75) is 22.5 Å². The zero-order valence-electron chi connectivity index (χ0n) is 5.85. The third kappa shape index (κ3) is 1.76. The van der Waals surface area contributed by atoms with E-state index in [9.17, 15) is 0 Å². The summed E-state index contributed by atoms with van der Waals surface area (Å²) in [6.07, 6.45) is 2.99. The summed E-state index contributed by atoms with van der Waals surface area (Å²) in [7, 11) is 0. The highest BCUT2D eigenvalue weighted by atomic mass is 27.1. The second kappa shape index (κ2) is 3.26. The van der Waals surface area contributed by atoms with E-state index in [-0.39, 0.29) is 0 Å². The monoisotopic (exact) mass is 142 g/mol. The van der Waals surface area contributed by atoms with Crippen molar-refractivity contribution in [2.24, 2.45) is 0 Å². The molecule has 0 amide bonds. The Morgan fingerprint density at radius 3 is 2.50 bits per heavy atom. The van der Waals surface area contributed by atoms with E-state index >= 15 is 0 Å². The van der Waals surface area contributed by atoms with Crippen molar-refractivity contribution < 1.29 is 5.32 Å². The highest BCUT2D eigenvalue weighted by molar-refractivity contribution is 6.35. The van der Waals surface area contributed by atoms with E-state index in [4.69, 9.17) is 0 Å². The minimum absolute atomic E-state index is 1.06. The molecule has 8 heavy (non-hydrogen) atoms. The van der Waals surface area contributed by atoms with Crippen LogP contribution >= 0.6 is 0 Å². The quantitative estimate of drug-likeness (QED) is 0.397. The average Bonchev–Trinajstić information content (AvgIpc) is 2.12. The number of quaternary nitrogens is 1. The van der Waals surface area contributed by atoms with Gasteiger partial charge in [-0.3, -0.25) is 0 Å². The zero-order chi connectivity index (χ0) is 5.98. The first kappa shape index (κ1) is 7.14. The standard InChI is InChI=1S/C5H9N.2Al.4H/c1-5-3-2-4-6-5;;;;;;/h1,5-6H,2-4H2;;;;;;/p+1. The van der Waals surface area contributed by atoms with Gasteiger partial charge in [-0.05, 0) is 0 Å². The molecule has 0 saturated carbocycles.